The molecule has 1 aromatic heterocycles. The molecule has 0 unspecified atom stereocenters. The molecule has 0 spiro atoms. The van der Waals surface area contributed by atoms with Crippen molar-refractivity contribution >= 4 is 23.1 Å². The minimum Gasteiger partial charge on any atom is -0.362 e. The van der Waals surface area contributed by atoms with Gasteiger partial charge in [-0.15, -0.1) is 0 Å². The van der Waals surface area contributed by atoms with Crippen LogP contribution in [-0.4, -0.2) is 21.4 Å². The van der Waals surface area contributed by atoms with E-state index in [0.717, 1.165) is 25.3 Å². The lowest BCUT2D eigenvalue weighted by atomic mass is 10.1. The van der Waals surface area contributed by atoms with Crippen LogP contribution in [0.2, 0.25) is 0 Å². The second-order valence-corrected chi connectivity index (χ2v) is 4.58. The molecule has 2 aromatic rings. The molecule has 19 heavy (non-hydrogen) atoms. The molecule has 0 saturated heterocycles. The second kappa shape index (κ2) is 6.89. The van der Waals surface area contributed by atoms with Gasteiger partial charge in [0.15, 0.2) is 10.9 Å². The van der Waals surface area contributed by atoms with E-state index in [1.165, 1.54) is 5.56 Å². The molecule has 1 aromatic carbocycles. The van der Waals surface area contributed by atoms with Crippen LogP contribution in [0, 0.1) is 0 Å². The Morgan fingerprint density at radius 1 is 1.26 bits per heavy atom. The fourth-order valence-corrected chi connectivity index (χ4v) is 1.94. The third-order valence-corrected chi connectivity index (χ3v) is 2.99. The standard InChI is InChI=1S/C14H18N4S/c1-2-18-11-9-13(17-18)16-14(19)15-10-8-12-6-4-3-5-7-12/h3-7,9,11H,2,8,10H2,1H3,(H2,15,16,17,19). The Bertz CT molecular complexity index is 521. The van der Waals surface area contributed by atoms with E-state index in [2.05, 4.69) is 27.9 Å². The van der Waals surface area contributed by atoms with E-state index in [9.17, 15) is 0 Å². The van der Waals surface area contributed by atoms with Gasteiger partial charge in [0.2, 0.25) is 0 Å². The SMILES string of the molecule is CCn1ccc(NC(=S)NCCc2ccccc2)n1. The normalized spacial score (nSPS) is 10.2. The molecule has 2 rings (SSSR count). The van der Waals surface area contributed by atoms with Gasteiger partial charge in [-0.05, 0) is 31.1 Å². The van der Waals surface area contributed by atoms with Crippen molar-refractivity contribution in [2.45, 2.75) is 19.9 Å². The van der Waals surface area contributed by atoms with Crippen molar-refractivity contribution in [3.05, 3.63) is 48.2 Å². The van der Waals surface area contributed by atoms with E-state index in [1.807, 2.05) is 42.1 Å². The molecular formula is C14H18N4S. The Hall–Kier alpha value is -1.88. The molecule has 2 N–H and O–H groups in total. The van der Waals surface area contributed by atoms with Gasteiger partial charge in [-0.1, -0.05) is 30.3 Å². The predicted molar refractivity (Wildman–Crippen MR) is 82.3 cm³/mol. The Balaban J connectivity index is 1.73. The monoisotopic (exact) mass is 274 g/mol. The molecule has 100 valence electrons. The lowest BCUT2D eigenvalue weighted by Crippen LogP contribution is -2.30. The first kappa shape index (κ1) is 13.5. The number of nitrogens with zero attached hydrogens (tertiary/aromatic N) is 2. The summed E-state index contributed by atoms with van der Waals surface area (Å²) in [5, 5.41) is 11.2. The number of rotatable bonds is 5. The number of hydrogen-bond acceptors (Lipinski definition) is 2. The van der Waals surface area contributed by atoms with Crippen LogP contribution in [0.5, 0.6) is 0 Å². The first-order valence-corrected chi connectivity index (χ1v) is 6.81. The molecule has 0 fully saturated rings. The average molecular weight is 274 g/mol. The van der Waals surface area contributed by atoms with Crippen LogP contribution >= 0.6 is 12.2 Å². The van der Waals surface area contributed by atoms with Crippen LogP contribution in [0.1, 0.15) is 12.5 Å². The maximum atomic E-state index is 5.23. The fraction of sp³-hybridized carbons (Fsp3) is 0.286. The van der Waals surface area contributed by atoms with Crippen molar-refractivity contribution in [1.82, 2.24) is 15.1 Å². The molecule has 0 aliphatic rings. The van der Waals surface area contributed by atoms with Crippen molar-refractivity contribution in [2.24, 2.45) is 0 Å². The predicted octanol–water partition coefficient (Wildman–Crippen LogP) is 2.43. The Labute approximate surface area is 118 Å². The van der Waals surface area contributed by atoms with E-state index >= 15 is 0 Å². The molecule has 0 atom stereocenters. The minimum absolute atomic E-state index is 0.609. The molecule has 5 heteroatoms. The van der Waals surface area contributed by atoms with Crippen molar-refractivity contribution in [1.29, 1.82) is 0 Å². The van der Waals surface area contributed by atoms with Crippen molar-refractivity contribution in [3.63, 3.8) is 0 Å². The van der Waals surface area contributed by atoms with Crippen molar-refractivity contribution < 1.29 is 0 Å². The highest BCUT2D eigenvalue weighted by Crippen LogP contribution is 2.02. The minimum atomic E-state index is 0.609. The summed E-state index contributed by atoms with van der Waals surface area (Å²) < 4.78 is 1.86. The summed E-state index contributed by atoms with van der Waals surface area (Å²) in [5.41, 5.74) is 1.30. The molecule has 1 heterocycles. The van der Waals surface area contributed by atoms with Gasteiger partial charge in [-0.3, -0.25) is 4.68 Å². The molecule has 0 radical (unpaired) electrons. The van der Waals surface area contributed by atoms with Gasteiger partial charge in [0.25, 0.3) is 0 Å². The number of benzene rings is 1. The van der Waals surface area contributed by atoms with Gasteiger partial charge in [0.1, 0.15) is 0 Å². The van der Waals surface area contributed by atoms with Crippen molar-refractivity contribution in [3.8, 4) is 0 Å². The van der Waals surface area contributed by atoms with Crippen LogP contribution in [0.4, 0.5) is 5.82 Å². The van der Waals surface area contributed by atoms with E-state index in [0.29, 0.717) is 5.11 Å². The van der Waals surface area contributed by atoms with Gasteiger partial charge in [0, 0.05) is 25.4 Å². The summed E-state index contributed by atoms with van der Waals surface area (Å²) in [6.45, 7) is 3.72. The van der Waals surface area contributed by atoms with Crippen LogP contribution in [0.3, 0.4) is 0 Å². The molecule has 0 aliphatic carbocycles. The Morgan fingerprint density at radius 3 is 2.74 bits per heavy atom. The molecule has 0 bridgehead atoms. The second-order valence-electron chi connectivity index (χ2n) is 4.17. The van der Waals surface area contributed by atoms with Gasteiger partial charge < -0.3 is 10.6 Å². The third-order valence-electron chi connectivity index (χ3n) is 2.75. The fourth-order valence-electron chi connectivity index (χ4n) is 1.73. The van der Waals surface area contributed by atoms with Gasteiger partial charge in [-0.25, -0.2) is 0 Å². The zero-order chi connectivity index (χ0) is 13.5. The molecule has 0 saturated carbocycles. The first-order chi connectivity index (χ1) is 9.28. The highest BCUT2D eigenvalue weighted by atomic mass is 32.1. The number of nitrogens with one attached hydrogen (secondary N) is 2. The number of aryl methyl sites for hydroxylation is 1. The molecule has 4 nitrogen and oxygen atoms in total. The smallest absolute Gasteiger partial charge is 0.172 e. The molecular weight excluding hydrogens is 256 g/mol. The van der Waals surface area contributed by atoms with Gasteiger partial charge >= 0.3 is 0 Å². The van der Waals surface area contributed by atoms with Crippen molar-refractivity contribution in [2.75, 3.05) is 11.9 Å². The highest BCUT2D eigenvalue weighted by molar-refractivity contribution is 7.80. The number of anilines is 1. The first-order valence-electron chi connectivity index (χ1n) is 6.40. The lowest BCUT2D eigenvalue weighted by Gasteiger charge is -2.08. The summed E-state index contributed by atoms with van der Waals surface area (Å²) in [5.74, 6) is 0.777. The van der Waals surface area contributed by atoms with Gasteiger partial charge in [-0.2, -0.15) is 5.10 Å². The number of aromatic nitrogens is 2. The third kappa shape index (κ3) is 4.37. The lowest BCUT2D eigenvalue weighted by molar-refractivity contribution is 0.662. The maximum absolute atomic E-state index is 5.23. The topological polar surface area (TPSA) is 41.9 Å². The maximum Gasteiger partial charge on any atom is 0.172 e. The summed E-state index contributed by atoms with van der Waals surface area (Å²) >= 11 is 5.23. The largest absolute Gasteiger partial charge is 0.362 e. The van der Waals surface area contributed by atoms with E-state index < -0.39 is 0 Å². The quantitative estimate of drug-likeness (QED) is 0.822. The molecule has 0 amide bonds. The van der Waals surface area contributed by atoms with Crippen LogP contribution in [-0.2, 0) is 13.0 Å². The Kier molecular flexibility index (Phi) is 4.92. The van der Waals surface area contributed by atoms with E-state index in [4.69, 9.17) is 12.2 Å². The van der Waals surface area contributed by atoms with Crippen LogP contribution in [0.25, 0.3) is 0 Å². The summed E-state index contributed by atoms with van der Waals surface area (Å²) in [4.78, 5) is 0. The number of hydrogen-bond donors (Lipinski definition) is 2. The van der Waals surface area contributed by atoms with Gasteiger partial charge in [0.05, 0.1) is 0 Å². The van der Waals surface area contributed by atoms with Crippen LogP contribution in [0.15, 0.2) is 42.6 Å². The zero-order valence-electron chi connectivity index (χ0n) is 11.0. The summed E-state index contributed by atoms with van der Waals surface area (Å²) in [7, 11) is 0. The molecule has 0 aliphatic heterocycles. The zero-order valence-corrected chi connectivity index (χ0v) is 11.8. The van der Waals surface area contributed by atoms with Crippen LogP contribution < -0.4 is 10.6 Å². The number of thiocarbonyl (C=S) groups is 1. The Morgan fingerprint density at radius 2 is 2.05 bits per heavy atom. The highest BCUT2D eigenvalue weighted by Gasteiger charge is 2.00. The van der Waals surface area contributed by atoms with E-state index in [-0.39, 0.29) is 0 Å². The summed E-state index contributed by atoms with van der Waals surface area (Å²) in [6, 6.07) is 12.2. The van der Waals surface area contributed by atoms with E-state index in [1.54, 1.807) is 0 Å². The average Bonchev–Trinajstić information content (AvgIpc) is 2.87. The summed E-state index contributed by atoms with van der Waals surface area (Å²) in [6.07, 6.45) is 2.88.